The highest BCUT2D eigenvalue weighted by Gasteiger charge is 2.21. The fourth-order valence-electron chi connectivity index (χ4n) is 1.46. The Labute approximate surface area is 116 Å². The maximum Gasteiger partial charge on any atom is 0.253 e. The van der Waals surface area contributed by atoms with E-state index in [1.54, 1.807) is 0 Å². The first-order valence-electron chi connectivity index (χ1n) is 5.84. The predicted octanol–water partition coefficient (Wildman–Crippen LogP) is 2.54. The summed E-state index contributed by atoms with van der Waals surface area (Å²) >= 11 is 11.6. The summed E-state index contributed by atoms with van der Waals surface area (Å²) in [4.78, 5) is 15.6. The van der Waals surface area contributed by atoms with E-state index in [9.17, 15) is 4.79 Å². The summed E-state index contributed by atoms with van der Waals surface area (Å²) in [6, 6.07) is 1.54. The Bertz CT molecular complexity index is 436. The van der Waals surface area contributed by atoms with E-state index >= 15 is 0 Å². The van der Waals surface area contributed by atoms with Crippen LogP contribution in [0.2, 0.25) is 10.2 Å². The largest absolute Gasteiger partial charge is 0.379 e. The van der Waals surface area contributed by atoms with Crippen LogP contribution in [0.3, 0.4) is 0 Å². The molecule has 98 valence electrons. The molecule has 0 atom stereocenters. The van der Waals surface area contributed by atoms with Crippen molar-refractivity contribution in [2.24, 2.45) is 5.92 Å². The Morgan fingerprint density at radius 1 is 1.50 bits per heavy atom. The summed E-state index contributed by atoms with van der Waals surface area (Å²) in [5.41, 5.74) is 0.332. The molecule has 4 nitrogen and oxygen atoms in total. The van der Waals surface area contributed by atoms with Gasteiger partial charge in [0.25, 0.3) is 5.91 Å². The standard InChI is InChI=1S/C12H14Cl2N2O2/c13-10-9(3-4-15-11(10)14)12(17)16-5-6-18-7-8-1-2-8/h3-4,8H,1-2,5-7H2,(H,16,17). The smallest absolute Gasteiger partial charge is 0.253 e. The lowest BCUT2D eigenvalue weighted by Crippen LogP contribution is -2.27. The molecule has 2 rings (SSSR count). The van der Waals surface area contributed by atoms with Gasteiger partial charge in [0, 0.05) is 19.3 Å². The van der Waals surface area contributed by atoms with Crippen LogP contribution in [-0.4, -0.2) is 30.6 Å². The third kappa shape index (κ3) is 3.83. The van der Waals surface area contributed by atoms with Gasteiger partial charge < -0.3 is 10.1 Å². The highest BCUT2D eigenvalue weighted by Crippen LogP contribution is 2.28. The predicted molar refractivity (Wildman–Crippen MR) is 70.1 cm³/mol. The van der Waals surface area contributed by atoms with Gasteiger partial charge in [0.05, 0.1) is 17.2 Å². The Hall–Kier alpha value is -0.840. The molecule has 1 aliphatic rings. The molecule has 1 aliphatic carbocycles. The average Bonchev–Trinajstić information content (AvgIpc) is 3.16. The van der Waals surface area contributed by atoms with Crippen LogP contribution < -0.4 is 5.32 Å². The second kappa shape index (κ2) is 6.36. The quantitative estimate of drug-likeness (QED) is 0.647. The van der Waals surface area contributed by atoms with E-state index in [2.05, 4.69) is 10.3 Å². The first-order valence-corrected chi connectivity index (χ1v) is 6.60. The van der Waals surface area contributed by atoms with Gasteiger partial charge in [0.2, 0.25) is 0 Å². The number of aromatic nitrogens is 1. The van der Waals surface area contributed by atoms with Gasteiger partial charge in [0.15, 0.2) is 0 Å². The Morgan fingerprint density at radius 3 is 3.00 bits per heavy atom. The Morgan fingerprint density at radius 2 is 2.28 bits per heavy atom. The van der Waals surface area contributed by atoms with Crippen LogP contribution in [0.5, 0.6) is 0 Å². The van der Waals surface area contributed by atoms with Crippen molar-refractivity contribution in [3.63, 3.8) is 0 Å². The van der Waals surface area contributed by atoms with Crippen LogP contribution in [0, 0.1) is 5.92 Å². The van der Waals surface area contributed by atoms with Crippen LogP contribution in [0.4, 0.5) is 0 Å². The maximum atomic E-state index is 11.8. The number of halogens is 2. The second-order valence-electron chi connectivity index (χ2n) is 4.24. The van der Waals surface area contributed by atoms with Crippen molar-refractivity contribution >= 4 is 29.1 Å². The second-order valence-corrected chi connectivity index (χ2v) is 4.97. The SMILES string of the molecule is O=C(NCCOCC1CC1)c1ccnc(Cl)c1Cl. The minimum atomic E-state index is -0.265. The van der Waals surface area contributed by atoms with Crippen molar-refractivity contribution in [1.29, 1.82) is 0 Å². The van der Waals surface area contributed by atoms with Crippen molar-refractivity contribution in [3.05, 3.63) is 28.0 Å². The molecule has 18 heavy (non-hydrogen) atoms. The van der Waals surface area contributed by atoms with E-state index in [1.165, 1.54) is 25.1 Å². The van der Waals surface area contributed by atoms with Gasteiger partial charge in [-0.2, -0.15) is 0 Å². The third-order valence-electron chi connectivity index (χ3n) is 2.67. The van der Waals surface area contributed by atoms with Crippen molar-refractivity contribution in [3.8, 4) is 0 Å². The number of carbonyl (C=O) groups excluding carboxylic acids is 1. The molecule has 0 spiro atoms. The van der Waals surface area contributed by atoms with Gasteiger partial charge in [-0.3, -0.25) is 4.79 Å². The zero-order valence-electron chi connectivity index (χ0n) is 9.79. The fraction of sp³-hybridized carbons (Fsp3) is 0.500. The van der Waals surface area contributed by atoms with Crippen LogP contribution >= 0.6 is 23.2 Å². The summed E-state index contributed by atoms with van der Waals surface area (Å²) in [7, 11) is 0. The van der Waals surface area contributed by atoms with Crippen molar-refractivity contribution in [2.75, 3.05) is 19.8 Å². The Balaban J connectivity index is 1.74. The number of carbonyl (C=O) groups is 1. The van der Waals surface area contributed by atoms with Crippen molar-refractivity contribution < 1.29 is 9.53 Å². The first-order chi connectivity index (χ1) is 8.68. The molecule has 1 amide bonds. The molecule has 1 fully saturated rings. The van der Waals surface area contributed by atoms with Gasteiger partial charge in [-0.15, -0.1) is 0 Å². The molecule has 0 aliphatic heterocycles. The van der Waals surface area contributed by atoms with Crippen LogP contribution in [0.15, 0.2) is 12.3 Å². The van der Waals surface area contributed by atoms with E-state index in [1.807, 2.05) is 0 Å². The van der Waals surface area contributed by atoms with Crippen molar-refractivity contribution in [2.45, 2.75) is 12.8 Å². The number of hydrogen-bond donors (Lipinski definition) is 1. The maximum absolute atomic E-state index is 11.8. The molecular formula is C12H14Cl2N2O2. The number of amides is 1. The molecule has 1 N–H and O–H groups in total. The van der Waals surface area contributed by atoms with Gasteiger partial charge >= 0.3 is 0 Å². The molecule has 0 unspecified atom stereocenters. The van der Waals surface area contributed by atoms with E-state index in [0.29, 0.717) is 18.7 Å². The molecule has 1 saturated carbocycles. The number of ether oxygens (including phenoxy) is 1. The van der Waals surface area contributed by atoms with Crippen LogP contribution in [0.25, 0.3) is 0 Å². The molecular weight excluding hydrogens is 275 g/mol. The van der Waals surface area contributed by atoms with Gasteiger partial charge in [0.1, 0.15) is 5.15 Å². The number of hydrogen-bond acceptors (Lipinski definition) is 3. The lowest BCUT2D eigenvalue weighted by molar-refractivity contribution is 0.0906. The highest BCUT2D eigenvalue weighted by atomic mass is 35.5. The average molecular weight is 289 g/mol. The van der Waals surface area contributed by atoms with Crippen LogP contribution in [0.1, 0.15) is 23.2 Å². The van der Waals surface area contributed by atoms with E-state index in [0.717, 1.165) is 12.5 Å². The molecule has 1 heterocycles. The van der Waals surface area contributed by atoms with E-state index < -0.39 is 0 Å². The summed E-state index contributed by atoms with van der Waals surface area (Å²) in [6.45, 7) is 1.76. The zero-order valence-corrected chi connectivity index (χ0v) is 11.3. The molecule has 0 saturated heterocycles. The van der Waals surface area contributed by atoms with E-state index in [4.69, 9.17) is 27.9 Å². The fourth-order valence-corrected chi connectivity index (χ4v) is 1.82. The number of pyridine rings is 1. The summed E-state index contributed by atoms with van der Waals surface area (Å²) in [5.74, 6) is 0.466. The number of nitrogens with zero attached hydrogens (tertiary/aromatic N) is 1. The minimum Gasteiger partial charge on any atom is -0.379 e. The molecule has 1 aromatic heterocycles. The third-order valence-corrected chi connectivity index (χ3v) is 3.44. The Kier molecular flexibility index (Phi) is 4.80. The number of nitrogens with one attached hydrogen (secondary N) is 1. The minimum absolute atomic E-state index is 0.134. The van der Waals surface area contributed by atoms with Gasteiger partial charge in [-0.1, -0.05) is 23.2 Å². The molecule has 6 heteroatoms. The normalized spacial score (nSPS) is 14.6. The molecule has 0 radical (unpaired) electrons. The molecule has 1 aromatic rings. The topological polar surface area (TPSA) is 51.2 Å². The lowest BCUT2D eigenvalue weighted by Gasteiger charge is -2.07. The van der Waals surface area contributed by atoms with Crippen LogP contribution in [-0.2, 0) is 4.74 Å². The molecule has 0 aromatic carbocycles. The van der Waals surface area contributed by atoms with E-state index in [-0.39, 0.29) is 16.1 Å². The molecule has 0 bridgehead atoms. The van der Waals surface area contributed by atoms with Crippen molar-refractivity contribution in [1.82, 2.24) is 10.3 Å². The monoisotopic (exact) mass is 288 g/mol. The zero-order chi connectivity index (χ0) is 13.0. The summed E-state index contributed by atoms with van der Waals surface area (Å²) in [5, 5.41) is 3.04. The summed E-state index contributed by atoms with van der Waals surface area (Å²) < 4.78 is 5.41. The highest BCUT2D eigenvalue weighted by molar-refractivity contribution is 6.43. The van der Waals surface area contributed by atoms with Gasteiger partial charge in [-0.05, 0) is 24.8 Å². The number of rotatable bonds is 6. The lowest BCUT2D eigenvalue weighted by atomic mass is 10.2. The van der Waals surface area contributed by atoms with Gasteiger partial charge in [-0.25, -0.2) is 4.98 Å². The first kappa shape index (κ1) is 13.6. The summed E-state index contributed by atoms with van der Waals surface area (Å²) in [6.07, 6.45) is 3.97.